The van der Waals surface area contributed by atoms with Gasteiger partial charge in [0.05, 0.1) is 11.8 Å². The van der Waals surface area contributed by atoms with Crippen LogP contribution >= 0.6 is 0 Å². The topological polar surface area (TPSA) is 80.0 Å². The Labute approximate surface area is 121 Å². The van der Waals surface area contributed by atoms with E-state index in [1.165, 1.54) is 12.5 Å². The Morgan fingerprint density at radius 3 is 2.52 bits per heavy atom. The maximum atomic E-state index is 12.0. The summed E-state index contributed by atoms with van der Waals surface area (Å²) in [5.74, 6) is -0.676. The molecule has 1 aromatic heterocycles. The highest BCUT2D eigenvalue weighted by Gasteiger charge is 2.13. The summed E-state index contributed by atoms with van der Waals surface area (Å²) in [6.07, 6.45) is 2.86. The van der Waals surface area contributed by atoms with Crippen LogP contribution in [-0.2, 0) is 11.3 Å². The summed E-state index contributed by atoms with van der Waals surface area (Å²) in [6, 6.07) is 8.54. The quantitative estimate of drug-likeness (QED) is 0.880. The van der Waals surface area contributed by atoms with Crippen LogP contribution in [-0.4, -0.2) is 35.5 Å². The number of benzene rings is 1. The van der Waals surface area contributed by atoms with Crippen molar-refractivity contribution in [2.75, 3.05) is 13.7 Å². The van der Waals surface area contributed by atoms with E-state index in [-0.39, 0.29) is 12.5 Å². The second-order valence-electron chi connectivity index (χ2n) is 4.50. The Balaban J connectivity index is 1.93. The Morgan fingerprint density at radius 2 is 1.95 bits per heavy atom. The molecule has 6 heteroatoms. The number of hydrogen-bond acceptors (Lipinski definition) is 4. The van der Waals surface area contributed by atoms with Gasteiger partial charge in [-0.1, -0.05) is 12.1 Å². The van der Waals surface area contributed by atoms with Gasteiger partial charge in [0.15, 0.2) is 6.61 Å². The molecule has 0 saturated heterocycles. The number of rotatable bonds is 6. The van der Waals surface area contributed by atoms with Crippen LogP contribution in [0.5, 0.6) is 5.75 Å². The number of ether oxygens (including phenoxy) is 1. The van der Waals surface area contributed by atoms with E-state index in [4.69, 9.17) is 14.3 Å². The van der Waals surface area contributed by atoms with Crippen LogP contribution in [0.15, 0.2) is 47.3 Å². The third-order valence-electron chi connectivity index (χ3n) is 2.82. The molecule has 0 atom stereocenters. The van der Waals surface area contributed by atoms with Gasteiger partial charge < -0.3 is 19.2 Å². The van der Waals surface area contributed by atoms with Gasteiger partial charge in [0.25, 0.3) is 5.91 Å². The number of hydrogen-bond donors (Lipinski definition) is 1. The Kier molecular flexibility index (Phi) is 4.61. The van der Waals surface area contributed by atoms with E-state index < -0.39 is 5.97 Å². The molecule has 0 aliphatic rings. The van der Waals surface area contributed by atoms with Crippen LogP contribution < -0.4 is 4.74 Å². The highest BCUT2D eigenvalue weighted by Crippen LogP contribution is 2.14. The molecular formula is C15H15NO5. The number of carbonyl (C=O) groups excluding carboxylic acids is 1. The molecule has 0 saturated carbocycles. The maximum absolute atomic E-state index is 12.0. The minimum atomic E-state index is -1.02. The predicted octanol–water partition coefficient (Wildman–Crippen LogP) is 2.02. The van der Waals surface area contributed by atoms with Crippen molar-refractivity contribution in [3.05, 3.63) is 54.0 Å². The van der Waals surface area contributed by atoms with Crippen molar-refractivity contribution >= 4 is 11.9 Å². The molecule has 0 spiro atoms. The summed E-state index contributed by atoms with van der Waals surface area (Å²) in [5, 5.41) is 8.52. The number of aliphatic carboxylic acids is 1. The zero-order chi connectivity index (χ0) is 15.2. The lowest BCUT2D eigenvalue weighted by Gasteiger charge is -2.16. The molecule has 2 rings (SSSR count). The van der Waals surface area contributed by atoms with Crippen LogP contribution in [0.25, 0.3) is 0 Å². The maximum Gasteiger partial charge on any atom is 0.341 e. The van der Waals surface area contributed by atoms with Gasteiger partial charge in [-0.25, -0.2) is 4.79 Å². The third kappa shape index (κ3) is 4.10. The van der Waals surface area contributed by atoms with Gasteiger partial charge >= 0.3 is 5.97 Å². The van der Waals surface area contributed by atoms with Gasteiger partial charge in [-0.2, -0.15) is 0 Å². The SMILES string of the molecule is CN(Cc1ccc(OCC(=O)O)cc1)C(=O)c1ccoc1. The van der Waals surface area contributed by atoms with Crippen molar-refractivity contribution < 1.29 is 23.8 Å². The van der Waals surface area contributed by atoms with E-state index in [2.05, 4.69) is 0 Å². The fraction of sp³-hybridized carbons (Fsp3) is 0.200. The zero-order valence-electron chi connectivity index (χ0n) is 11.5. The zero-order valence-corrected chi connectivity index (χ0v) is 11.5. The molecule has 0 aliphatic carbocycles. The van der Waals surface area contributed by atoms with Gasteiger partial charge in [0, 0.05) is 13.6 Å². The normalized spacial score (nSPS) is 10.1. The predicted molar refractivity (Wildman–Crippen MR) is 74.1 cm³/mol. The summed E-state index contributed by atoms with van der Waals surface area (Å²) < 4.78 is 9.93. The first-order valence-corrected chi connectivity index (χ1v) is 6.27. The minimum Gasteiger partial charge on any atom is -0.482 e. The number of carboxylic acids is 1. The fourth-order valence-electron chi connectivity index (χ4n) is 1.79. The molecule has 0 bridgehead atoms. The average molecular weight is 289 g/mol. The summed E-state index contributed by atoms with van der Waals surface area (Å²) in [4.78, 5) is 24.0. The largest absolute Gasteiger partial charge is 0.482 e. The molecule has 0 aliphatic heterocycles. The highest BCUT2D eigenvalue weighted by molar-refractivity contribution is 5.93. The average Bonchev–Trinajstić information content (AvgIpc) is 2.99. The number of amides is 1. The first kappa shape index (κ1) is 14.6. The van der Waals surface area contributed by atoms with Gasteiger partial charge in [-0.15, -0.1) is 0 Å². The summed E-state index contributed by atoms with van der Waals surface area (Å²) >= 11 is 0. The molecule has 0 fully saturated rings. The van der Waals surface area contributed by atoms with Crippen molar-refractivity contribution in [1.82, 2.24) is 4.90 Å². The first-order chi connectivity index (χ1) is 10.1. The Bertz CT molecular complexity index is 604. The molecule has 1 heterocycles. The highest BCUT2D eigenvalue weighted by atomic mass is 16.5. The second kappa shape index (κ2) is 6.60. The lowest BCUT2D eigenvalue weighted by molar-refractivity contribution is -0.139. The van der Waals surface area contributed by atoms with Gasteiger partial charge in [0.2, 0.25) is 0 Å². The van der Waals surface area contributed by atoms with E-state index in [0.717, 1.165) is 5.56 Å². The minimum absolute atomic E-state index is 0.130. The second-order valence-corrected chi connectivity index (χ2v) is 4.50. The molecule has 1 aromatic carbocycles. The van der Waals surface area contributed by atoms with E-state index in [1.807, 2.05) is 0 Å². The van der Waals surface area contributed by atoms with Crippen molar-refractivity contribution in [1.29, 1.82) is 0 Å². The Morgan fingerprint density at radius 1 is 1.24 bits per heavy atom. The number of furan rings is 1. The number of carboxylic acid groups (broad SMARTS) is 1. The molecule has 110 valence electrons. The van der Waals surface area contributed by atoms with Crippen LogP contribution in [0, 0.1) is 0 Å². The number of carbonyl (C=O) groups is 2. The molecule has 6 nitrogen and oxygen atoms in total. The lowest BCUT2D eigenvalue weighted by atomic mass is 10.2. The van der Waals surface area contributed by atoms with Gasteiger partial charge in [0.1, 0.15) is 12.0 Å². The van der Waals surface area contributed by atoms with Gasteiger partial charge in [-0.05, 0) is 23.8 Å². The first-order valence-electron chi connectivity index (χ1n) is 6.27. The van der Waals surface area contributed by atoms with Crippen molar-refractivity contribution in [2.45, 2.75) is 6.54 Å². The molecular weight excluding hydrogens is 274 g/mol. The number of nitrogens with zero attached hydrogens (tertiary/aromatic N) is 1. The Hall–Kier alpha value is -2.76. The van der Waals surface area contributed by atoms with Crippen LogP contribution in [0.4, 0.5) is 0 Å². The van der Waals surface area contributed by atoms with E-state index in [9.17, 15) is 9.59 Å². The van der Waals surface area contributed by atoms with Gasteiger partial charge in [-0.3, -0.25) is 4.79 Å². The molecule has 0 radical (unpaired) electrons. The van der Waals surface area contributed by atoms with Crippen LogP contribution in [0.3, 0.4) is 0 Å². The van der Waals surface area contributed by atoms with Crippen molar-refractivity contribution in [3.63, 3.8) is 0 Å². The molecule has 2 aromatic rings. The molecule has 0 unspecified atom stereocenters. The molecule has 1 amide bonds. The van der Waals surface area contributed by atoms with Crippen LogP contribution in [0.1, 0.15) is 15.9 Å². The fourth-order valence-corrected chi connectivity index (χ4v) is 1.79. The third-order valence-corrected chi connectivity index (χ3v) is 2.82. The molecule has 21 heavy (non-hydrogen) atoms. The van der Waals surface area contributed by atoms with Crippen LogP contribution in [0.2, 0.25) is 0 Å². The standard InChI is InChI=1S/C15H15NO5/c1-16(15(19)12-6-7-20-9-12)8-11-2-4-13(5-3-11)21-10-14(17)18/h2-7,9H,8,10H2,1H3,(H,17,18). The van der Waals surface area contributed by atoms with E-state index in [1.54, 1.807) is 42.3 Å². The monoisotopic (exact) mass is 289 g/mol. The van der Waals surface area contributed by atoms with E-state index >= 15 is 0 Å². The molecule has 1 N–H and O–H groups in total. The summed E-state index contributed by atoms with van der Waals surface area (Å²) in [5.41, 5.74) is 1.41. The van der Waals surface area contributed by atoms with Crippen molar-refractivity contribution in [2.24, 2.45) is 0 Å². The summed E-state index contributed by atoms with van der Waals surface area (Å²) in [6.45, 7) is 0.0570. The van der Waals surface area contributed by atoms with Crippen molar-refractivity contribution in [3.8, 4) is 5.75 Å². The summed E-state index contributed by atoms with van der Waals surface area (Å²) in [7, 11) is 1.70. The lowest BCUT2D eigenvalue weighted by Crippen LogP contribution is -2.25. The van der Waals surface area contributed by atoms with E-state index in [0.29, 0.717) is 17.9 Å². The smallest absolute Gasteiger partial charge is 0.341 e.